The lowest BCUT2D eigenvalue weighted by molar-refractivity contribution is -0.137. The van der Waals surface area contributed by atoms with Crippen LogP contribution in [0.1, 0.15) is 46.8 Å². The molecule has 2 aromatic carbocycles. The number of hydrogen-bond acceptors (Lipinski definition) is 4. The van der Waals surface area contributed by atoms with E-state index in [9.17, 15) is 18.0 Å². The Morgan fingerprint density at radius 3 is 2.43 bits per heavy atom. The van der Waals surface area contributed by atoms with Gasteiger partial charge in [0, 0.05) is 50.5 Å². The molecule has 2 aromatic rings. The molecule has 0 N–H and O–H groups in total. The number of ether oxygens (including phenoxy) is 1. The largest absolute Gasteiger partial charge is 0.417 e. The Morgan fingerprint density at radius 2 is 1.86 bits per heavy atom. The van der Waals surface area contributed by atoms with Crippen LogP contribution in [0.15, 0.2) is 42.5 Å². The number of amides is 1. The second kappa shape index (κ2) is 9.90. The number of alkyl halides is 3. The van der Waals surface area contributed by atoms with Crippen molar-refractivity contribution >= 4 is 11.6 Å². The predicted molar refractivity (Wildman–Crippen MR) is 127 cm³/mol. The molecule has 8 heteroatoms. The highest BCUT2D eigenvalue weighted by molar-refractivity contribution is 5.94. The van der Waals surface area contributed by atoms with E-state index in [1.54, 1.807) is 19.2 Å². The summed E-state index contributed by atoms with van der Waals surface area (Å²) in [7, 11) is 1.64. The minimum atomic E-state index is -4.59. The Bertz CT molecular complexity index is 1100. The zero-order chi connectivity index (χ0) is 25.2. The summed E-state index contributed by atoms with van der Waals surface area (Å²) in [5.74, 6) is 0.154. The molecule has 2 fully saturated rings. The molecule has 0 bridgehead atoms. The molecule has 0 saturated carbocycles. The first kappa shape index (κ1) is 25.1. The first-order chi connectivity index (χ1) is 16.7. The number of methoxy groups -OCH3 is 1. The van der Waals surface area contributed by atoms with Gasteiger partial charge < -0.3 is 14.5 Å². The summed E-state index contributed by atoms with van der Waals surface area (Å²) in [6.07, 6.45) is -2.15. The number of carbonyl (C=O) groups is 1. The third kappa shape index (κ3) is 5.01. The summed E-state index contributed by atoms with van der Waals surface area (Å²) in [5, 5.41) is 9.11. The highest BCUT2D eigenvalue weighted by Crippen LogP contribution is 2.47. The Kier molecular flexibility index (Phi) is 7.09. The summed E-state index contributed by atoms with van der Waals surface area (Å²) >= 11 is 0. The third-order valence-corrected chi connectivity index (χ3v) is 7.63. The lowest BCUT2D eigenvalue weighted by Crippen LogP contribution is -2.47. The Morgan fingerprint density at radius 1 is 1.17 bits per heavy atom. The highest BCUT2D eigenvalue weighted by atomic mass is 19.4. The molecule has 1 atom stereocenters. The highest BCUT2D eigenvalue weighted by Gasteiger charge is 2.49. The molecule has 4 rings (SSSR count). The van der Waals surface area contributed by atoms with Crippen LogP contribution in [-0.4, -0.2) is 50.7 Å². The number of halogens is 3. The number of nitrogens with zero attached hydrogens (tertiary/aromatic N) is 3. The van der Waals surface area contributed by atoms with Crippen LogP contribution in [0.25, 0.3) is 0 Å². The van der Waals surface area contributed by atoms with E-state index in [0.717, 1.165) is 25.3 Å². The number of piperidine rings is 1. The number of nitriles is 1. The lowest BCUT2D eigenvalue weighted by Gasteiger charge is -2.42. The zero-order valence-corrected chi connectivity index (χ0v) is 20.1. The van der Waals surface area contributed by atoms with Gasteiger partial charge in [0.15, 0.2) is 0 Å². The molecule has 5 nitrogen and oxygen atoms in total. The average Bonchev–Trinajstić information content (AvgIpc) is 3.20. The maximum Gasteiger partial charge on any atom is 0.417 e. The van der Waals surface area contributed by atoms with Crippen molar-refractivity contribution in [2.75, 3.05) is 44.8 Å². The smallest absolute Gasteiger partial charge is 0.384 e. The average molecular weight is 486 g/mol. The molecule has 35 heavy (non-hydrogen) atoms. The molecule has 0 aromatic heterocycles. The predicted octanol–water partition coefficient (Wildman–Crippen LogP) is 5.14. The van der Waals surface area contributed by atoms with Gasteiger partial charge in [0.05, 0.1) is 23.8 Å². The van der Waals surface area contributed by atoms with Crippen LogP contribution in [0, 0.1) is 22.7 Å². The first-order valence-electron chi connectivity index (χ1n) is 11.9. The van der Waals surface area contributed by atoms with E-state index in [1.165, 1.54) is 11.6 Å². The number of aryl methyl sites for hydroxylation is 1. The van der Waals surface area contributed by atoms with E-state index in [4.69, 9.17) is 10.00 Å². The fraction of sp³-hybridized carbons (Fsp3) is 0.481. The minimum Gasteiger partial charge on any atom is -0.384 e. The fourth-order valence-corrected chi connectivity index (χ4v) is 5.51. The van der Waals surface area contributed by atoms with E-state index in [1.807, 2.05) is 34.1 Å². The van der Waals surface area contributed by atoms with E-state index < -0.39 is 11.7 Å². The molecule has 2 aliphatic heterocycles. The van der Waals surface area contributed by atoms with Crippen molar-refractivity contribution in [3.63, 3.8) is 0 Å². The molecule has 2 aliphatic rings. The van der Waals surface area contributed by atoms with Crippen LogP contribution in [0.3, 0.4) is 0 Å². The standard InChI is InChI=1S/C27H30F3N3O2/c1-3-19-4-6-20(7-5-19)25(34)32-12-10-26(11-13-32)18-33(16-22(26)17-35-2)23-9-8-21(15-31)24(14-23)27(28,29)30/h4-9,14,22H,3,10-13,16-18H2,1-2H3. The summed E-state index contributed by atoms with van der Waals surface area (Å²) in [6.45, 7) is 4.95. The van der Waals surface area contributed by atoms with Gasteiger partial charge in [0.25, 0.3) is 5.91 Å². The topological polar surface area (TPSA) is 56.6 Å². The van der Waals surface area contributed by atoms with Crippen molar-refractivity contribution in [3.8, 4) is 6.07 Å². The quantitative estimate of drug-likeness (QED) is 0.588. The fourth-order valence-electron chi connectivity index (χ4n) is 5.51. The first-order valence-corrected chi connectivity index (χ1v) is 11.9. The van der Waals surface area contributed by atoms with Crippen LogP contribution in [0.2, 0.25) is 0 Å². The second-order valence-electron chi connectivity index (χ2n) is 9.58. The van der Waals surface area contributed by atoms with Gasteiger partial charge >= 0.3 is 6.18 Å². The summed E-state index contributed by atoms with van der Waals surface area (Å²) in [6, 6.07) is 13.3. The van der Waals surface area contributed by atoms with E-state index in [-0.39, 0.29) is 22.8 Å². The maximum atomic E-state index is 13.5. The van der Waals surface area contributed by atoms with Crippen molar-refractivity contribution < 1.29 is 22.7 Å². The van der Waals surface area contributed by atoms with Crippen LogP contribution in [0.5, 0.6) is 0 Å². The normalized spacial score (nSPS) is 19.7. The number of likely N-dealkylation sites (tertiary alicyclic amines) is 1. The van der Waals surface area contributed by atoms with Gasteiger partial charge in [0.2, 0.25) is 0 Å². The van der Waals surface area contributed by atoms with Gasteiger partial charge in [-0.3, -0.25) is 4.79 Å². The molecule has 0 aliphatic carbocycles. The molecule has 1 unspecified atom stereocenters. The SMILES string of the molecule is CCc1ccc(C(=O)N2CCC3(CC2)CN(c2ccc(C#N)c(C(F)(F)F)c2)CC3COC)cc1. The van der Waals surface area contributed by atoms with Crippen molar-refractivity contribution in [1.29, 1.82) is 5.26 Å². The maximum absolute atomic E-state index is 13.5. The van der Waals surface area contributed by atoms with Gasteiger partial charge in [-0.2, -0.15) is 18.4 Å². The van der Waals surface area contributed by atoms with Crippen LogP contribution >= 0.6 is 0 Å². The van der Waals surface area contributed by atoms with E-state index >= 15 is 0 Å². The number of hydrogen-bond donors (Lipinski definition) is 0. The van der Waals surface area contributed by atoms with Gasteiger partial charge in [-0.15, -0.1) is 0 Å². The molecule has 186 valence electrons. The molecule has 1 amide bonds. The Hall–Kier alpha value is -3.05. The van der Waals surface area contributed by atoms with E-state index in [0.29, 0.717) is 44.0 Å². The minimum absolute atomic E-state index is 0.0163. The molecular weight excluding hydrogens is 455 g/mol. The molecular formula is C27H30F3N3O2. The molecule has 1 spiro atoms. The van der Waals surface area contributed by atoms with Gasteiger partial charge in [-0.05, 0) is 60.6 Å². The van der Waals surface area contributed by atoms with Gasteiger partial charge in [-0.25, -0.2) is 0 Å². The van der Waals surface area contributed by atoms with Crippen LogP contribution in [0.4, 0.5) is 18.9 Å². The van der Waals surface area contributed by atoms with Crippen molar-refractivity contribution in [3.05, 3.63) is 64.7 Å². The van der Waals surface area contributed by atoms with Crippen molar-refractivity contribution in [2.24, 2.45) is 11.3 Å². The number of rotatable bonds is 5. The van der Waals surface area contributed by atoms with E-state index in [2.05, 4.69) is 6.92 Å². The third-order valence-electron chi connectivity index (χ3n) is 7.63. The van der Waals surface area contributed by atoms with Crippen LogP contribution in [-0.2, 0) is 17.3 Å². The van der Waals surface area contributed by atoms with Crippen molar-refractivity contribution in [2.45, 2.75) is 32.4 Å². The van der Waals surface area contributed by atoms with Crippen LogP contribution < -0.4 is 4.90 Å². The summed E-state index contributed by atoms with van der Waals surface area (Å²) in [4.78, 5) is 16.9. The van der Waals surface area contributed by atoms with Crippen molar-refractivity contribution in [1.82, 2.24) is 4.90 Å². The van der Waals surface area contributed by atoms with Gasteiger partial charge in [-0.1, -0.05) is 19.1 Å². The number of anilines is 1. The summed E-state index contributed by atoms with van der Waals surface area (Å²) < 4.78 is 46.1. The second-order valence-corrected chi connectivity index (χ2v) is 9.58. The van der Waals surface area contributed by atoms with Gasteiger partial charge in [0.1, 0.15) is 0 Å². The Balaban J connectivity index is 1.51. The Labute approximate surface area is 204 Å². The number of carbonyl (C=O) groups excluding carboxylic acids is 1. The number of benzene rings is 2. The molecule has 0 radical (unpaired) electrons. The monoisotopic (exact) mass is 485 g/mol. The molecule has 2 saturated heterocycles. The zero-order valence-electron chi connectivity index (χ0n) is 20.1. The summed E-state index contributed by atoms with van der Waals surface area (Å²) in [5.41, 5.74) is 0.897. The molecule has 2 heterocycles. The lowest BCUT2D eigenvalue weighted by atomic mass is 9.71.